The third-order valence-corrected chi connectivity index (χ3v) is 5.31. The van der Waals surface area contributed by atoms with Gasteiger partial charge in [0, 0.05) is 6.92 Å². The molecule has 0 aromatic heterocycles. The van der Waals surface area contributed by atoms with Gasteiger partial charge in [0.15, 0.2) is 0 Å². The van der Waals surface area contributed by atoms with E-state index in [1.807, 2.05) is 0 Å². The number of guanidine groups is 1. The summed E-state index contributed by atoms with van der Waals surface area (Å²) in [5, 5.41) is 7.05. The molecule has 0 bridgehead atoms. The van der Waals surface area contributed by atoms with E-state index in [1.54, 1.807) is 32.0 Å². The fourth-order valence-corrected chi connectivity index (χ4v) is 3.53. The number of para-hydroxylation sites is 1. The molecule has 0 unspecified atom stereocenters. The van der Waals surface area contributed by atoms with E-state index in [2.05, 4.69) is 20.9 Å². The maximum absolute atomic E-state index is 12.7. The second-order valence-electron chi connectivity index (χ2n) is 7.19. The molecule has 13 heteroatoms. The van der Waals surface area contributed by atoms with Crippen LogP contribution in [0.3, 0.4) is 0 Å². The smallest absolute Gasteiger partial charge is 0.413 e. The lowest BCUT2D eigenvalue weighted by Crippen LogP contribution is -2.44. The van der Waals surface area contributed by atoms with E-state index in [0.717, 1.165) is 6.07 Å². The van der Waals surface area contributed by atoms with E-state index >= 15 is 0 Å². The molecule has 0 spiro atoms. The maximum Gasteiger partial charge on any atom is 0.413 e. The number of rotatable bonds is 9. The molecule has 0 saturated heterocycles. The fourth-order valence-electron chi connectivity index (χ4n) is 2.57. The minimum atomic E-state index is -4.25. The van der Waals surface area contributed by atoms with Crippen molar-refractivity contribution in [2.45, 2.75) is 38.5 Å². The van der Waals surface area contributed by atoms with Crippen molar-refractivity contribution in [2.24, 2.45) is 4.99 Å². The van der Waals surface area contributed by atoms with Crippen molar-refractivity contribution in [1.29, 1.82) is 0 Å². The predicted octanol–water partition coefficient (Wildman–Crippen LogP) is 3.67. The molecule has 0 aliphatic rings. The van der Waals surface area contributed by atoms with Crippen LogP contribution in [0.1, 0.15) is 33.6 Å². The molecule has 0 aliphatic carbocycles. The van der Waals surface area contributed by atoms with Crippen molar-refractivity contribution in [2.75, 3.05) is 18.5 Å². The van der Waals surface area contributed by atoms with Gasteiger partial charge in [-0.05, 0) is 43.2 Å². The number of anilines is 1. The van der Waals surface area contributed by atoms with Gasteiger partial charge < -0.3 is 19.0 Å². The number of ether oxygens (including phenoxy) is 2. The molecular formula is C23H28N4O8S. The maximum atomic E-state index is 12.7. The summed E-state index contributed by atoms with van der Waals surface area (Å²) in [5.41, 5.74) is -0.00404. The normalized spacial score (nSPS) is 10.5. The summed E-state index contributed by atoms with van der Waals surface area (Å²) in [5.74, 6) is -0.773. The van der Waals surface area contributed by atoms with E-state index in [1.165, 1.54) is 31.2 Å². The molecule has 2 aromatic rings. The number of carbonyl (C=O) groups excluding carboxylic acids is 3. The zero-order chi connectivity index (χ0) is 26.6. The Morgan fingerprint density at radius 1 is 0.889 bits per heavy atom. The van der Waals surface area contributed by atoms with Gasteiger partial charge in [-0.2, -0.15) is 8.42 Å². The van der Waals surface area contributed by atoms with E-state index in [-0.39, 0.29) is 41.2 Å². The monoisotopic (exact) mass is 520 g/mol. The van der Waals surface area contributed by atoms with Crippen LogP contribution in [-0.4, -0.2) is 45.7 Å². The third-order valence-electron chi connectivity index (χ3n) is 4.06. The molecule has 2 rings (SSSR count). The molecule has 3 amide bonds. The summed E-state index contributed by atoms with van der Waals surface area (Å²) in [6.07, 6.45) is -0.634. The van der Waals surface area contributed by atoms with Gasteiger partial charge in [-0.15, -0.1) is 0 Å². The lowest BCUT2D eigenvalue weighted by Gasteiger charge is -2.14. The summed E-state index contributed by atoms with van der Waals surface area (Å²) in [6.45, 7) is 5.09. The molecule has 0 atom stereocenters. The van der Waals surface area contributed by atoms with E-state index in [0.29, 0.717) is 12.8 Å². The molecule has 3 N–H and O–H groups in total. The van der Waals surface area contributed by atoms with E-state index in [9.17, 15) is 22.8 Å². The second kappa shape index (κ2) is 13.7. The fraction of sp³-hybridized carbons (Fsp3) is 0.304. The summed E-state index contributed by atoms with van der Waals surface area (Å²) < 4.78 is 40.5. The first kappa shape index (κ1) is 28.1. The van der Waals surface area contributed by atoms with Crippen LogP contribution in [0.15, 0.2) is 58.4 Å². The van der Waals surface area contributed by atoms with Gasteiger partial charge in [-0.25, -0.2) is 14.6 Å². The van der Waals surface area contributed by atoms with Gasteiger partial charge in [0.1, 0.15) is 10.6 Å². The van der Waals surface area contributed by atoms with Crippen LogP contribution in [-0.2, 0) is 24.4 Å². The SMILES string of the molecule is CCCOC(=O)NC(=Nc1ccc(S(=O)(=O)Oc2ccccc2)cc1NC(C)=O)NC(=O)OCCC. The minimum absolute atomic E-state index is 0.0189. The summed E-state index contributed by atoms with van der Waals surface area (Å²) in [4.78, 5) is 39.8. The number of alkyl carbamates (subject to hydrolysis) is 2. The highest BCUT2D eigenvalue weighted by molar-refractivity contribution is 7.87. The van der Waals surface area contributed by atoms with Gasteiger partial charge >= 0.3 is 22.3 Å². The van der Waals surface area contributed by atoms with Crippen LogP contribution in [0.2, 0.25) is 0 Å². The topological polar surface area (TPSA) is 161 Å². The molecule has 0 heterocycles. The number of nitrogens with zero attached hydrogens (tertiary/aromatic N) is 1. The summed E-state index contributed by atoms with van der Waals surface area (Å²) in [6, 6.07) is 11.5. The van der Waals surface area contributed by atoms with Crippen LogP contribution >= 0.6 is 0 Å². The van der Waals surface area contributed by atoms with Gasteiger partial charge in [-0.1, -0.05) is 32.0 Å². The standard InChI is InChI=1S/C23H28N4O8S/c1-4-13-33-22(29)26-21(27-23(30)34-14-5-2)25-19-12-11-18(15-20(19)24-16(3)28)36(31,32)35-17-9-7-6-8-10-17/h6-12,15H,4-5,13-14H2,1-3H3,(H,24,28)(H2,25,26,27,29,30). The number of hydrogen-bond acceptors (Lipinski definition) is 9. The number of nitrogens with one attached hydrogen (secondary N) is 3. The first-order chi connectivity index (χ1) is 17.1. The number of benzene rings is 2. The number of carbonyl (C=O) groups is 3. The summed E-state index contributed by atoms with van der Waals surface area (Å²) >= 11 is 0. The van der Waals surface area contributed by atoms with Crippen molar-refractivity contribution in [3.8, 4) is 5.75 Å². The molecule has 0 radical (unpaired) electrons. The molecule has 0 fully saturated rings. The van der Waals surface area contributed by atoms with Gasteiger partial charge in [0.2, 0.25) is 11.9 Å². The molecule has 36 heavy (non-hydrogen) atoms. The van der Waals surface area contributed by atoms with Gasteiger partial charge in [-0.3, -0.25) is 15.4 Å². The Morgan fingerprint density at radius 2 is 1.47 bits per heavy atom. The van der Waals surface area contributed by atoms with Crippen molar-refractivity contribution in [3.05, 3.63) is 48.5 Å². The van der Waals surface area contributed by atoms with Crippen LogP contribution in [0.5, 0.6) is 5.75 Å². The lowest BCUT2D eigenvalue weighted by atomic mass is 10.2. The van der Waals surface area contributed by atoms with Crippen LogP contribution in [0.4, 0.5) is 21.0 Å². The molecule has 194 valence electrons. The highest BCUT2D eigenvalue weighted by atomic mass is 32.2. The molecule has 0 aliphatic heterocycles. The molecule has 2 aromatic carbocycles. The van der Waals surface area contributed by atoms with Crippen LogP contribution in [0.25, 0.3) is 0 Å². The van der Waals surface area contributed by atoms with Crippen LogP contribution in [0, 0.1) is 0 Å². The van der Waals surface area contributed by atoms with E-state index < -0.39 is 28.2 Å². The Kier molecular flexibility index (Phi) is 10.7. The Balaban J connectivity index is 2.43. The average molecular weight is 521 g/mol. The number of amides is 3. The largest absolute Gasteiger partial charge is 0.449 e. The number of hydrogen-bond donors (Lipinski definition) is 3. The zero-order valence-electron chi connectivity index (χ0n) is 20.1. The first-order valence-corrected chi connectivity index (χ1v) is 12.4. The minimum Gasteiger partial charge on any atom is -0.449 e. The quantitative estimate of drug-likeness (QED) is 0.256. The zero-order valence-corrected chi connectivity index (χ0v) is 20.9. The van der Waals surface area contributed by atoms with Crippen molar-refractivity contribution in [3.63, 3.8) is 0 Å². The second-order valence-corrected chi connectivity index (χ2v) is 8.74. The Hall–Kier alpha value is -4.13. The summed E-state index contributed by atoms with van der Waals surface area (Å²) in [7, 11) is -4.25. The van der Waals surface area contributed by atoms with E-state index in [4.69, 9.17) is 13.7 Å². The Bertz CT molecular complexity index is 1180. The average Bonchev–Trinajstić information content (AvgIpc) is 2.82. The third kappa shape index (κ3) is 9.25. The molecular weight excluding hydrogens is 492 g/mol. The van der Waals surface area contributed by atoms with Crippen molar-refractivity contribution >= 4 is 45.5 Å². The van der Waals surface area contributed by atoms with Crippen molar-refractivity contribution < 1.29 is 36.5 Å². The lowest BCUT2D eigenvalue weighted by molar-refractivity contribution is -0.114. The highest BCUT2D eigenvalue weighted by Crippen LogP contribution is 2.29. The Morgan fingerprint density at radius 3 is 2.00 bits per heavy atom. The molecule has 12 nitrogen and oxygen atoms in total. The highest BCUT2D eigenvalue weighted by Gasteiger charge is 2.20. The first-order valence-electron chi connectivity index (χ1n) is 11.0. The van der Waals surface area contributed by atoms with Gasteiger partial charge in [0.25, 0.3) is 0 Å². The number of aliphatic imine (C=N–C) groups is 1. The van der Waals surface area contributed by atoms with Crippen LogP contribution < -0.4 is 20.1 Å². The predicted molar refractivity (Wildman–Crippen MR) is 132 cm³/mol. The van der Waals surface area contributed by atoms with Crippen molar-refractivity contribution in [1.82, 2.24) is 10.6 Å². The Labute approximate surface area is 209 Å². The van der Waals surface area contributed by atoms with Gasteiger partial charge in [0.05, 0.1) is 24.6 Å². The molecule has 0 saturated carbocycles.